The number of nitriles is 1. The molecule has 0 saturated carbocycles. The number of thioether (sulfide) groups is 1. The number of hydrogen-bond acceptors (Lipinski definition) is 6. The van der Waals surface area contributed by atoms with Gasteiger partial charge in [-0.3, -0.25) is 4.57 Å². The highest BCUT2D eigenvalue weighted by molar-refractivity contribution is 7.99. The van der Waals surface area contributed by atoms with E-state index in [9.17, 15) is 0 Å². The van der Waals surface area contributed by atoms with Gasteiger partial charge in [0, 0.05) is 11.4 Å². The van der Waals surface area contributed by atoms with Gasteiger partial charge in [0.05, 0.1) is 30.1 Å². The summed E-state index contributed by atoms with van der Waals surface area (Å²) in [7, 11) is 0. The third-order valence-corrected chi connectivity index (χ3v) is 5.19. The lowest BCUT2D eigenvalue weighted by Gasteiger charge is -2.10. The monoisotopic (exact) mass is 402 g/mol. The lowest BCUT2D eigenvalue weighted by molar-refractivity contribution is 0.344. The maximum atomic E-state index is 8.99. The number of aryl methyl sites for hydroxylation is 1. The van der Waals surface area contributed by atoms with Crippen molar-refractivity contribution < 1.29 is 9.15 Å². The van der Waals surface area contributed by atoms with Gasteiger partial charge in [-0.1, -0.05) is 36.0 Å². The van der Waals surface area contributed by atoms with Gasteiger partial charge in [0.25, 0.3) is 0 Å². The van der Waals surface area contributed by atoms with Gasteiger partial charge in [-0.05, 0) is 43.3 Å². The molecule has 0 spiro atoms. The van der Waals surface area contributed by atoms with Crippen molar-refractivity contribution in [3.8, 4) is 28.9 Å². The van der Waals surface area contributed by atoms with Gasteiger partial charge in [-0.25, -0.2) is 0 Å². The van der Waals surface area contributed by atoms with Crippen LogP contribution in [0, 0.1) is 18.3 Å². The molecule has 29 heavy (non-hydrogen) atoms. The molecule has 4 aromatic rings. The first-order chi connectivity index (χ1) is 14.3. The number of benzene rings is 2. The van der Waals surface area contributed by atoms with E-state index in [1.807, 2.05) is 60.0 Å². The Hall–Kier alpha value is -3.50. The number of ether oxygens (including phenoxy) is 1. The van der Waals surface area contributed by atoms with Gasteiger partial charge in [0.1, 0.15) is 11.5 Å². The molecule has 0 bridgehead atoms. The van der Waals surface area contributed by atoms with Gasteiger partial charge in [-0.15, -0.1) is 10.2 Å². The molecule has 2 aromatic heterocycles. The predicted molar refractivity (Wildman–Crippen MR) is 111 cm³/mol. The first kappa shape index (κ1) is 18.8. The van der Waals surface area contributed by atoms with E-state index in [2.05, 4.69) is 16.3 Å². The summed E-state index contributed by atoms with van der Waals surface area (Å²) < 4.78 is 13.3. The molecule has 4 rings (SSSR count). The minimum atomic E-state index is 0.487. The minimum absolute atomic E-state index is 0.487. The summed E-state index contributed by atoms with van der Waals surface area (Å²) in [4.78, 5) is 0. The SMILES string of the molecule is Cc1occc1-c1nnc(SCCOc2cccc(C#N)c2)n1-c1ccccc1. The maximum absolute atomic E-state index is 8.99. The van der Waals surface area contributed by atoms with Gasteiger partial charge in [0.2, 0.25) is 0 Å². The van der Waals surface area contributed by atoms with Gasteiger partial charge in [0.15, 0.2) is 11.0 Å². The molecular formula is C22H18N4O2S. The summed E-state index contributed by atoms with van der Waals surface area (Å²) in [5, 5.41) is 18.6. The molecule has 0 aliphatic carbocycles. The Morgan fingerprint density at radius 1 is 1.10 bits per heavy atom. The molecule has 0 unspecified atom stereocenters. The van der Waals surface area contributed by atoms with Crippen molar-refractivity contribution in [1.29, 1.82) is 5.26 Å². The van der Waals surface area contributed by atoms with E-state index < -0.39 is 0 Å². The zero-order valence-electron chi connectivity index (χ0n) is 15.8. The Labute approximate surface area is 172 Å². The van der Waals surface area contributed by atoms with Crippen molar-refractivity contribution in [1.82, 2.24) is 14.8 Å². The third-order valence-electron chi connectivity index (χ3n) is 4.29. The van der Waals surface area contributed by atoms with Crippen LogP contribution in [0.15, 0.2) is 76.5 Å². The van der Waals surface area contributed by atoms with E-state index in [-0.39, 0.29) is 0 Å². The zero-order valence-corrected chi connectivity index (χ0v) is 16.6. The number of aromatic nitrogens is 3. The normalized spacial score (nSPS) is 10.6. The second-order valence-electron chi connectivity index (χ2n) is 6.20. The lowest BCUT2D eigenvalue weighted by Crippen LogP contribution is -2.03. The van der Waals surface area contributed by atoms with Crippen molar-refractivity contribution in [2.45, 2.75) is 12.1 Å². The molecule has 0 N–H and O–H groups in total. The van der Waals surface area contributed by atoms with Crippen LogP contribution in [0.4, 0.5) is 0 Å². The van der Waals surface area contributed by atoms with Crippen LogP contribution < -0.4 is 4.74 Å². The highest BCUT2D eigenvalue weighted by Crippen LogP contribution is 2.30. The molecule has 0 radical (unpaired) electrons. The Morgan fingerprint density at radius 2 is 1.97 bits per heavy atom. The van der Waals surface area contributed by atoms with Crippen LogP contribution in [-0.2, 0) is 0 Å². The average Bonchev–Trinajstić information content (AvgIpc) is 3.37. The van der Waals surface area contributed by atoms with Crippen LogP contribution >= 0.6 is 11.8 Å². The highest BCUT2D eigenvalue weighted by Gasteiger charge is 2.18. The van der Waals surface area contributed by atoms with Crippen LogP contribution in [0.1, 0.15) is 11.3 Å². The number of furan rings is 1. The van der Waals surface area contributed by atoms with E-state index in [0.717, 1.165) is 28.0 Å². The first-order valence-electron chi connectivity index (χ1n) is 9.07. The summed E-state index contributed by atoms with van der Waals surface area (Å²) in [6.45, 7) is 2.40. The molecule has 0 amide bonds. The topological polar surface area (TPSA) is 76.9 Å². The number of rotatable bonds is 7. The molecule has 0 aliphatic rings. The fourth-order valence-electron chi connectivity index (χ4n) is 2.91. The number of nitrogens with zero attached hydrogens (tertiary/aromatic N) is 4. The highest BCUT2D eigenvalue weighted by atomic mass is 32.2. The Kier molecular flexibility index (Phi) is 5.63. The molecular weight excluding hydrogens is 384 g/mol. The fraction of sp³-hybridized carbons (Fsp3) is 0.136. The van der Waals surface area contributed by atoms with E-state index in [1.165, 1.54) is 0 Å². The smallest absolute Gasteiger partial charge is 0.196 e. The largest absolute Gasteiger partial charge is 0.493 e. The number of hydrogen-bond donors (Lipinski definition) is 0. The Bertz CT molecular complexity index is 1150. The van der Waals surface area contributed by atoms with E-state index in [4.69, 9.17) is 14.4 Å². The minimum Gasteiger partial charge on any atom is -0.493 e. The number of para-hydroxylation sites is 1. The molecule has 2 aromatic carbocycles. The summed E-state index contributed by atoms with van der Waals surface area (Å²) in [5.74, 6) is 2.91. The van der Waals surface area contributed by atoms with Gasteiger partial charge >= 0.3 is 0 Å². The van der Waals surface area contributed by atoms with Crippen LogP contribution in [0.5, 0.6) is 5.75 Å². The third kappa shape index (κ3) is 4.18. The second-order valence-corrected chi connectivity index (χ2v) is 7.27. The molecule has 6 nitrogen and oxygen atoms in total. The fourth-order valence-corrected chi connectivity index (χ4v) is 3.68. The van der Waals surface area contributed by atoms with Crippen molar-refractivity contribution >= 4 is 11.8 Å². The van der Waals surface area contributed by atoms with Crippen LogP contribution in [0.25, 0.3) is 17.1 Å². The molecule has 0 saturated heterocycles. The van der Waals surface area contributed by atoms with Gasteiger partial charge in [-0.2, -0.15) is 5.26 Å². The van der Waals surface area contributed by atoms with E-state index >= 15 is 0 Å². The lowest BCUT2D eigenvalue weighted by atomic mass is 10.2. The Balaban J connectivity index is 1.52. The van der Waals surface area contributed by atoms with Crippen molar-refractivity contribution in [2.24, 2.45) is 0 Å². The molecule has 0 atom stereocenters. The molecule has 144 valence electrons. The van der Waals surface area contributed by atoms with Crippen LogP contribution in [-0.4, -0.2) is 27.1 Å². The predicted octanol–water partition coefficient (Wildman–Crippen LogP) is 4.88. The standard InChI is InChI=1S/C22H18N4O2S/c1-16-20(10-11-27-16)21-24-25-22(26(21)18-7-3-2-4-8-18)29-13-12-28-19-9-5-6-17(14-19)15-23/h2-11,14H,12-13H2,1H3. The molecule has 0 aliphatic heterocycles. The summed E-state index contributed by atoms with van der Waals surface area (Å²) in [5.41, 5.74) is 2.48. The van der Waals surface area contributed by atoms with Crippen molar-refractivity contribution in [3.63, 3.8) is 0 Å². The van der Waals surface area contributed by atoms with Crippen LogP contribution in [0.3, 0.4) is 0 Å². The van der Waals surface area contributed by atoms with E-state index in [1.54, 1.807) is 30.2 Å². The quantitative estimate of drug-likeness (QED) is 0.324. The summed E-state index contributed by atoms with van der Waals surface area (Å²) >= 11 is 1.56. The van der Waals surface area contributed by atoms with E-state index in [0.29, 0.717) is 23.7 Å². The van der Waals surface area contributed by atoms with Gasteiger partial charge < -0.3 is 9.15 Å². The summed E-state index contributed by atoms with van der Waals surface area (Å²) in [6.07, 6.45) is 1.66. The second kappa shape index (κ2) is 8.67. The molecule has 2 heterocycles. The maximum Gasteiger partial charge on any atom is 0.196 e. The molecule has 7 heteroatoms. The average molecular weight is 402 g/mol. The van der Waals surface area contributed by atoms with Crippen molar-refractivity contribution in [2.75, 3.05) is 12.4 Å². The zero-order chi connectivity index (χ0) is 20.1. The molecule has 0 fully saturated rings. The van der Waals surface area contributed by atoms with Crippen LogP contribution in [0.2, 0.25) is 0 Å². The van der Waals surface area contributed by atoms with Crippen molar-refractivity contribution in [3.05, 3.63) is 78.3 Å². The Morgan fingerprint density at radius 3 is 2.72 bits per heavy atom. The summed E-state index contributed by atoms with van der Waals surface area (Å²) in [6, 6.07) is 21.2. The first-order valence-corrected chi connectivity index (χ1v) is 10.1.